The van der Waals surface area contributed by atoms with Crippen LogP contribution in [0.3, 0.4) is 0 Å². The Labute approximate surface area is 313 Å². The maximum Gasteiger partial charge on any atom is 0.150 e. The van der Waals surface area contributed by atoms with Gasteiger partial charge in [0.05, 0.1) is 0 Å². The van der Waals surface area contributed by atoms with E-state index in [0.717, 1.165) is 41.8 Å². The van der Waals surface area contributed by atoms with E-state index >= 15 is 0 Å². The van der Waals surface area contributed by atoms with Crippen molar-refractivity contribution in [3.63, 3.8) is 0 Å². The quantitative estimate of drug-likeness (QED) is 0.0461. The van der Waals surface area contributed by atoms with E-state index in [1.54, 1.807) is 0 Å². The summed E-state index contributed by atoms with van der Waals surface area (Å²) in [6.45, 7) is 4.58. The first-order valence-corrected chi connectivity index (χ1v) is 20.1. The number of nitrogens with zero attached hydrogens (tertiary/aromatic N) is 1. The van der Waals surface area contributed by atoms with Gasteiger partial charge in [-0.1, -0.05) is 182 Å². The molecule has 0 saturated heterocycles. The normalized spacial score (nSPS) is 12.9. The maximum atomic E-state index is 12.1. The molecule has 1 aliphatic carbocycles. The molecule has 2 heteroatoms. The first-order valence-electron chi connectivity index (χ1n) is 20.1. The van der Waals surface area contributed by atoms with Crippen LogP contribution in [0.1, 0.15) is 136 Å². The van der Waals surface area contributed by atoms with Crippen LogP contribution < -0.4 is 4.90 Å². The predicted molar refractivity (Wildman–Crippen MR) is 224 cm³/mol. The molecule has 0 amide bonds. The van der Waals surface area contributed by atoms with Crippen molar-refractivity contribution in [1.29, 1.82) is 0 Å². The van der Waals surface area contributed by atoms with Crippen LogP contribution in [0, 0.1) is 0 Å². The smallest absolute Gasteiger partial charge is 0.150 e. The topological polar surface area (TPSA) is 20.3 Å². The van der Waals surface area contributed by atoms with Gasteiger partial charge in [-0.3, -0.25) is 4.79 Å². The molecule has 2 nitrogen and oxygen atoms in total. The number of anilines is 3. The van der Waals surface area contributed by atoms with Gasteiger partial charge in [-0.2, -0.15) is 0 Å². The van der Waals surface area contributed by atoms with Crippen LogP contribution >= 0.6 is 0 Å². The van der Waals surface area contributed by atoms with Crippen LogP contribution in [-0.2, 0) is 5.41 Å². The molecule has 0 N–H and O–H groups in total. The van der Waals surface area contributed by atoms with E-state index in [-0.39, 0.29) is 5.41 Å². The molecule has 5 aromatic rings. The molecule has 0 saturated carbocycles. The molecule has 0 fully saturated rings. The number of para-hydroxylation sites is 2. The van der Waals surface area contributed by atoms with Gasteiger partial charge in [0, 0.05) is 28.0 Å². The average Bonchev–Trinajstić information content (AvgIpc) is 3.46. The monoisotopic (exact) mass is 687 g/mol. The SMILES string of the molecule is CCCCCCCCC1(CCCCCCCC)c2cc(C=O)ccc2-c2ccc(/C=C/c3ccc(N(c4ccccc4)c4ccccc4)cc3)cc21. The van der Waals surface area contributed by atoms with Gasteiger partial charge in [0.25, 0.3) is 0 Å². The average molecular weight is 688 g/mol. The zero-order chi connectivity index (χ0) is 36.0. The van der Waals surface area contributed by atoms with Crippen LogP contribution in [-0.4, -0.2) is 6.29 Å². The zero-order valence-electron chi connectivity index (χ0n) is 31.5. The van der Waals surface area contributed by atoms with E-state index in [0.29, 0.717) is 0 Å². The summed E-state index contributed by atoms with van der Waals surface area (Å²) in [5, 5.41) is 0. The Bertz CT molecular complexity index is 1820. The number of carbonyl (C=O) groups is 1. The highest BCUT2D eigenvalue weighted by atomic mass is 16.1. The van der Waals surface area contributed by atoms with Crippen molar-refractivity contribution < 1.29 is 4.79 Å². The maximum absolute atomic E-state index is 12.1. The van der Waals surface area contributed by atoms with Crippen LogP contribution in [0.4, 0.5) is 17.1 Å². The van der Waals surface area contributed by atoms with E-state index < -0.39 is 0 Å². The lowest BCUT2D eigenvalue weighted by Crippen LogP contribution is -2.26. The van der Waals surface area contributed by atoms with Crippen LogP contribution in [0.25, 0.3) is 23.3 Å². The third-order valence-corrected chi connectivity index (χ3v) is 11.1. The fourth-order valence-electron chi connectivity index (χ4n) is 8.31. The van der Waals surface area contributed by atoms with Gasteiger partial charge in [0.1, 0.15) is 6.29 Å². The molecule has 268 valence electrons. The second kappa shape index (κ2) is 18.7. The Morgan fingerprint density at radius 1 is 0.462 bits per heavy atom. The summed E-state index contributed by atoms with van der Waals surface area (Å²) in [5.74, 6) is 0. The lowest BCUT2D eigenvalue weighted by molar-refractivity contribution is 0.112. The summed E-state index contributed by atoms with van der Waals surface area (Å²) in [4.78, 5) is 14.4. The fourth-order valence-corrected chi connectivity index (χ4v) is 8.31. The van der Waals surface area contributed by atoms with Crippen LogP contribution in [0.15, 0.2) is 121 Å². The second-order valence-corrected chi connectivity index (χ2v) is 14.8. The highest BCUT2D eigenvalue weighted by molar-refractivity contribution is 5.87. The molecule has 1 aliphatic rings. The van der Waals surface area contributed by atoms with Crippen LogP contribution in [0.5, 0.6) is 0 Å². The molecule has 0 atom stereocenters. The zero-order valence-corrected chi connectivity index (χ0v) is 31.5. The number of rotatable bonds is 20. The van der Waals surface area contributed by atoms with E-state index in [9.17, 15) is 4.79 Å². The Hall–Kier alpha value is -4.69. The Morgan fingerprint density at radius 2 is 0.885 bits per heavy atom. The van der Waals surface area contributed by atoms with Gasteiger partial charge in [-0.05, 0) is 88.7 Å². The van der Waals surface area contributed by atoms with E-state index in [1.807, 2.05) is 6.07 Å². The van der Waals surface area contributed by atoms with Crippen LogP contribution in [0.2, 0.25) is 0 Å². The molecule has 0 aliphatic heterocycles. The largest absolute Gasteiger partial charge is 0.311 e. The van der Waals surface area contributed by atoms with Gasteiger partial charge < -0.3 is 4.90 Å². The number of fused-ring (bicyclic) bond motifs is 3. The van der Waals surface area contributed by atoms with Gasteiger partial charge >= 0.3 is 0 Å². The summed E-state index contributed by atoms with van der Waals surface area (Å²) in [7, 11) is 0. The standard InChI is InChI=1S/C50H57NO/c1-3-5-7-9-11-19-35-50(36-20-12-10-8-6-4-2)48-37-41(29-33-46(48)47-34-30-42(39-52)38-49(47)50)26-25-40-27-31-45(32-28-40)51(43-21-15-13-16-22-43)44-23-17-14-18-24-44/h13-18,21-34,37-39H,3-12,19-20,35-36H2,1-2H3/b26-25+. The van der Waals surface area contributed by atoms with Crippen molar-refractivity contribution in [3.05, 3.63) is 149 Å². The second-order valence-electron chi connectivity index (χ2n) is 14.8. The van der Waals surface area contributed by atoms with Gasteiger partial charge in [0.15, 0.2) is 0 Å². The minimum absolute atomic E-state index is 0.0525. The number of unbranched alkanes of at least 4 members (excludes halogenated alkanes) is 10. The van der Waals surface area contributed by atoms with Crippen molar-refractivity contribution in [2.75, 3.05) is 4.90 Å². The summed E-state index contributed by atoms with van der Waals surface area (Å²) in [6, 6.07) is 43.5. The van der Waals surface area contributed by atoms with E-state index in [4.69, 9.17) is 0 Å². The number of hydrogen-bond acceptors (Lipinski definition) is 2. The number of hydrogen-bond donors (Lipinski definition) is 0. The first-order chi connectivity index (χ1) is 25.7. The van der Waals surface area contributed by atoms with Crippen molar-refractivity contribution in [1.82, 2.24) is 0 Å². The third kappa shape index (κ3) is 8.84. The third-order valence-electron chi connectivity index (χ3n) is 11.1. The molecule has 0 aromatic heterocycles. The summed E-state index contributed by atoms with van der Waals surface area (Å²) >= 11 is 0. The molecule has 0 heterocycles. The predicted octanol–water partition coefficient (Wildman–Crippen LogP) is 14.9. The van der Waals surface area contributed by atoms with E-state index in [1.165, 1.54) is 110 Å². The van der Waals surface area contributed by atoms with Crippen molar-refractivity contribution in [3.8, 4) is 11.1 Å². The van der Waals surface area contributed by atoms with Gasteiger partial charge in [0.2, 0.25) is 0 Å². The molecule has 52 heavy (non-hydrogen) atoms. The molecular weight excluding hydrogens is 631 g/mol. The molecule has 0 radical (unpaired) electrons. The van der Waals surface area contributed by atoms with Gasteiger partial charge in [-0.25, -0.2) is 0 Å². The fraction of sp³-hybridized carbons (Fsp3) is 0.340. The number of carbonyl (C=O) groups excluding carboxylic acids is 1. The lowest BCUT2D eigenvalue weighted by atomic mass is 9.70. The molecule has 0 bridgehead atoms. The molecule has 6 rings (SSSR count). The molecule has 0 spiro atoms. The van der Waals surface area contributed by atoms with E-state index in [2.05, 4.69) is 146 Å². The lowest BCUT2D eigenvalue weighted by Gasteiger charge is -2.33. The first kappa shape index (κ1) is 37.1. The molecule has 0 unspecified atom stereocenters. The van der Waals surface area contributed by atoms with Crippen molar-refractivity contribution in [2.24, 2.45) is 0 Å². The summed E-state index contributed by atoms with van der Waals surface area (Å²) in [5.41, 5.74) is 12.1. The summed E-state index contributed by atoms with van der Waals surface area (Å²) in [6.07, 6.45) is 23.3. The minimum atomic E-state index is -0.0525. The Morgan fingerprint density at radius 3 is 1.40 bits per heavy atom. The molecular formula is C50H57NO. The van der Waals surface area contributed by atoms with Gasteiger partial charge in [-0.15, -0.1) is 0 Å². The van der Waals surface area contributed by atoms with Crippen molar-refractivity contribution >= 4 is 35.5 Å². The molecule has 5 aromatic carbocycles. The Kier molecular flexibility index (Phi) is 13.3. The minimum Gasteiger partial charge on any atom is -0.311 e. The Balaban J connectivity index is 1.29. The highest BCUT2D eigenvalue weighted by Gasteiger charge is 2.42. The summed E-state index contributed by atoms with van der Waals surface area (Å²) < 4.78 is 0. The highest BCUT2D eigenvalue weighted by Crippen LogP contribution is 2.54. The van der Waals surface area contributed by atoms with Crippen molar-refractivity contribution in [2.45, 2.75) is 109 Å². The number of benzene rings is 5. The number of aldehydes is 1.